The topological polar surface area (TPSA) is 42.0 Å². The van der Waals surface area contributed by atoms with Crippen molar-refractivity contribution in [2.75, 3.05) is 5.32 Å². The van der Waals surface area contributed by atoms with Crippen LogP contribution in [0.15, 0.2) is 41.1 Å². The molecule has 1 amide bonds. The molecule has 0 radical (unpaired) electrons. The van der Waals surface area contributed by atoms with Crippen LogP contribution in [0.25, 0.3) is 0 Å². The molecule has 0 saturated carbocycles. The van der Waals surface area contributed by atoms with E-state index in [2.05, 4.69) is 26.2 Å². The number of anilines is 1. The lowest BCUT2D eigenvalue weighted by molar-refractivity contribution is 0.102. The highest BCUT2D eigenvalue weighted by Gasteiger charge is 2.11. The zero-order valence-corrected chi connectivity index (χ0v) is 11.9. The van der Waals surface area contributed by atoms with Crippen molar-refractivity contribution in [3.8, 4) is 0 Å². The van der Waals surface area contributed by atoms with Crippen LogP contribution in [0.1, 0.15) is 15.9 Å². The van der Waals surface area contributed by atoms with E-state index in [4.69, 9.17) is 11.6 Å². The Morgan fingerprint density at radius 3 is 2.83 bits per heavy atom. The van der Waals surface area contributed by atoms with Crippen molar-refractivity contribution in [2.24, 2.45) is 0 Å². The molecule has 18 heavy (non-hydrogen) atoms. The van der Waals surface area contributed by atoms with Gasteiger partial charge in [0.05, 0.1) is 5.56 Å². The second kappa shape index (κ2) is 5.50. The summed E-state index contributed by atoms with van der Waals surface area (Å²) >= 11 is 9.16. The Morgan fingerprint density at radius 2 is 2.17 bits per heavy atom. The average molecular weight is 326 g/mol. The molecule has 1 heterocycles. The van der Waals surface area contributed by atoms with Crippen LogP contribution < -0.4 is 5.32 Å². The van der Waals surface area contributed by atoms with Crippen LogP contribution in [0.4, 0.5) is 5.69 Å². The number of rotatable bonds is 2. The zero-order valence-electron chi connectivity index (χ0n) is 9.58. The molecule has 2 aromatic rings. The van der Waals surface area contributed by atoms with Gasteiger partial charge >= 0.3 is 0 Å². The fraction of sp³-hybridized carbons (Fsp3) is 0.0769. The molecule has 0 saturated heterocycles. The van der Waals surface area contributed by atoms with Gasteiger partial charge in [0.1, 0.15) is 0 Å². The molecular weight excluding hydrogens is 316 g/mol. The molecule has 5 heteroatoms. The van der Waals surface area contributed by atoms with Crippen molar-refractivity contribution in [1.82, 2.24) is 4.98 Å². The molecule has 0 bridgehead atoms. The quantitative estimate of drug-likeness (QED) is 0.905. The number of aromatic nitrogens is 1. The van der Waals surface area contributed by atoms with E-state index in [9.17, 15) is 4.79 Å². The summed E-state index contributed by atoms with van der Waals surface area (Å²) in [7, 11) is 0. The molecule has 0 fully saturated rings. The van der Waals surface area contributed by atoms with E-state index in [1.807, 2.05) is 6.92 Å². The van der Waals surface area contributed by atoms with Crippen molar-refractivity contribution in [3.05, 3.63) is 57.3 Å². The van der Waals surface area contributed by atoms with E-state index >= 15 is 0 Å². The Balaban J connectivity index is 2.25. The molecule has 0 spiro atoms. The summed E-state index contributed by atoms with van der Waals surface area (Å²) in [6.45, 7) is 1.89. The second-order valence-electron chi connectivity index (χ2n) is 3.77. The average Bonchev–Trinajstić information content (AvgIpc) is 2.32. The van der Waals surface area contributed by atoms with Gasteiger partial charge in [-0.1, -0.05) is 11.6 Å². The number of hydrogen-bond donors (Lipinski definition) is 1. The number of aryl methyl sites for hydroxylation is 1. The number of carbonyl (C=O) groups is 1. The number of pyridine rings is 1. The molecule has 2 rings (SSSR count). The second-order valence-corrected chi connectivity index (χ2v) is 5.06. The molecule has 1 aromatic heterocycles. The number of nitrogens with one attached hydrogen (secondary N) is 1. The summed E-state index contributed by atoms with van der Waals surface area (Å²) in [5.41, 5.74) is 2.20. The van der Waals surface area contributed by atoms with E-state index in [-0.39, 0.29) is 5.91 Å². The van der Waals surface area contributed by atoms with Gasteiger partial charge in [-0.05, 0) is 52.7 Å². The van der Waals surface area contributed by atoms with Gasteiger partial charge in [-0.25, -0.2) is 0 Å². The van der Waals surface area contributed by atoms with Crippen LogP contribution in [0.5, 0.6) is 0 Å². The van der Waals surface area contributed by atoms with Crippen molar-refractivity contribution < 1.29 is 4.79 Å². The fourth-order valence-electron chi connectivity index (χ4n) is 1.48. The molecule has 1 aromatic carbocycles. The number of amides is 1. The number of carbonyl (C=O) groups excluding carboxylic acids is 1. The first-order chi connectivity index (χ1) is 8.58. The molecule has 1 N–H and O–H groups in total. The van der Waals surface area contributed by atoms with E-state index in [0.29, 0.717) is 15.1 Å². The van der Waals surface area contributed by atoms with Crippen molar-refractivity contribution in [1.29, 1.82) is 0 Å². The van der Waals surface area contributed by atoms with Gasteiger partial charge in [-0.3, -0.25) is 9.78 Å². The highest BCUT2D eigenvalue weighted by atomic mass is 79.9. The first-order valence-electron chi connectivity index (χ1n) is 5.25. The minimum atomic E-state index is -0.187. The largest absolute Gasteiger partial charge is 0.322 e. The summed E-state index contributed by atoms with van der Waals surface area (Å²) in [4.78, 5) is 16.1. The maximum absolute atomic E-state index is 12.1. The van der Waals surface area contributed by atoms with E-state index in [1.165, 1.54) is 0 Å². The normalized spacial score (nSPS) is 10.2. The summed E-state index contributed by atoms with van der Waals surface area (Å²) < 4.78 is 0.666. The molecule has 0 aliphatic heterocycles. The zero-order chi connectivity index (χ0) is 13.1. The van der Waals surface area contributed by atoms with Crippen molar-refractivity contribution in [2.45, 2.75) is 6.92 Å². The SMILES string of the molecule is Cc1cnccc1NC(=O)c1ccc(Cl)cc1Br. The van der Waals surface area contributed by atoms with Gasteiger partial charge < -0.3 is 5.32 Å². The molecular formula is C13H10BrClN2O. The van der Waals surface area contributed by atoms with Gasteiger partial charge in [-0.15, -0.1) is 0 Å². The first-order valence-corrected chi connectivity index (χ1v) is 6.42. The lowest BCUT2D eigenvalue weighted by Crippen LogP contribution is -2.13. The molecule has 0 atom stereocenters. The van der Waals surface area contributed by atoms with Gasteiger partial charge in [0.2, 0.25) is 0 Å². The number of hydrogen-bond acceptors (Lipinski definition) is 2. The summed E-state index contributed by atoms with van der Waals surface area (Å²) in [6, 6.07) is 6.81. The predicted molar refractivity (Wildman–Crippen MR) is 76.1 cm³/mol. The van der Waals surface area contributed by atoms with Gasteiger partial charge in [0.25, 0.3) is 5.91 Å². The first kappa shape index (κ1) is 13.1. The van der Waals surface area contributed by atoms with Crippen LogP contribution in [-0.2, 0) is 0 Å². The third-order valence-corrected chi connectivity index (χ3v) is 3.34. The van der Waals surface area contributed by atoms with Gasteiger partial charge in [0.15, 0.2) is 0 Å². The molecule has 0 aliphatic rings. The summed E-state index contributed by atoms with van der Waals surface area (Å²) in [5, 5.41) is 3.42. The van der Waals surface area contributed by atoms with E-state index in [0.717, 1.165) is 11.3 Å². The molecule has 3 nitrogen and oxygen atoms in total. The molecule has 0 aliphatic carbocycles. The summed E-state index contributed by atoms with van der Waals surface area (Å²) in [6.07, 6.45) is 3.34. The third-order valence-electron chi connectivity index (χ3n) is 2.44. The predicted octanol–water partition coefficient (Wildman–Crippen LogP) is 4.06. The third kappa shape index (κ3) is 2.89. The van der Waals surface area contributed by atoms with Gasteiger partial charge in [0, 0.05) is 27.6 Å². The molecule has 92 valence electrons. The Hall–Kier alpha value is -1.39. The highest BCUT2D eigenvalue weighted by molar-refractivity contribution is 9.10. The fourth-order valence-corrected chi connectivity index (χ4v) is 2.34. The lowest BCUT2D eigenvalue weighted by Gasteiger charge is -2.09. The van der Waals surface area contributed by atoms with Crippen molar-refractivity contribution in [3.63, 3.8) is 0 Å². The van der Waals surface area contributed by atoms with Crippen LogP contribution in [-0.4, -0.2) is 10.9 Å². The number of nitrogens with zero attached hydrogens (tertiary/aromatic N) is 1. The van der Waals surface area contributed by atoms with Crippen LogP contribution in [0.3, 0.4) is 0 Å². The monoisotopic (exact) mass is 324 g/mol. The minimum Gasteiger partial charge on any atom is -0.322 e. The Morgan fingerprint density at radius 1 is 1.39 bits per heavy atom. The van der Waals surface area contributed by atoms with Gasteiger partial charge in [-0.2, -0.15) is 0 Å². The smallest absolute Gasteiger partial charge is 0.256 e. The highest BCUT2D eigenvalue weighted by Crippen LogP contribution is 2.23. The maximum Gasteiger partial charge on any atom is 0.256 e. The number of halogens is 2. The Labute approximate surface area is 118 Å². The van der Waals surface area contributed by atoms with Crippen LogP contribution in [0, 0.1) is 6.92 Å². The summed E-state index contributed by atoms with van der Waals surface area (Å²) in [5.74, 6) is -0.187. The Bertz CT molecular complexity index is 601. The van der Waals surface area contributed by atoms with Crippen molar-refractivity contribution >= 4 is 39.1 Å². The van der Waals surface area contributed by atoms with Crippen LogP contribution >= 0.6 is 27.5 Å². The lowest BCUT2D eigenvalue weighted by atomic mass is 10.2. The van der Waals surface area contributed by atoms with E-state index in [1.54, 1.807) is 36.7 Å². The molecule has 0 unspecified atom stereocenters. The van der Waals surface area contributed by atoms with E-state index < -0.39 is 0 Å². The maximum atomic E-state index is 12.1. The minimum absolute atomic E-state index is 0.187. The Kier molecular flexibility index (Phi) is 3.99. The van der Waals surface area contributed by atoms with Crippen LogP contribution in [0.2, 0.25) is 5.02 Å². The number of benzene rings is 1. The standard InChI is InChI=1S/C13H10BrClN2O/c1-8-7-16-5-4-12(8)17-13(18)10-3-2-9(15)6-11(10)14/h2-7H,1H3,(H,16,17,18).